The zero-order valence-electron chi connectivity index (χ0n) is 11.5. The van der Waals surface area contributed by atoms with Gasteiger partial charge in [0.15, 0.2) is 0 Å². The van der Waals surface area contributed by atoms with Crippen molar-refractivity contribution < 1.29 is 0 Å². The molecule has 3 aromatic rings. The van der Waals surface area contributed by atoms with Gasteiger partial charge in [0.05, 0.1) is 5.69 Å². The third-order valence-electron chi connectivity index (χ3n) is 3.38. The second-order valence-electron chi connectivity index (χ2n) is 4.79. The SMILES string of the molecule is N#Cc1cc(-c2ccccc2)c(-c2ccc(Cl)cc2)[nH]c1=O. The number of hydrogen-bond donors (Lipinski definition) is 1. The molecule has 1 heterocycles. The lowest BCUT2D eigenvalue weighted by atomic mass is 9.98. The summed E-state index contributed by atoms with van der Waals surface area (Å²) in [5, 5.41) is 9.73. The first-order valence-electron chi connectivity index (χ1n) is 6.68. The van der Waals surface area contributed by atoms with E-state index in [9.17, 15) is 4.79 Å². The topological polar surface area (TPSA) is 56.6 Å². The number of hydrogen-bond acceptors (Lipinski definition) is 2. The Morgan fingerprint density at radius 2 is 1.64 bits per heavy atom. The van der Waals surface area contributed by atoms with Gasteiger partial charge in [0.25, 0.3) is 5.56 Å². The van der Waals surface area contributed by atoms with E-state index in [1.165, 1.54) is 0 Å². The van der Waals surface area contributed by atoms with Crippen LogP contribution in [0.25, 0.3) is 22.4 Å². The molecule has 0 unspecified atom stereocenters. The molecule has 0 saturated carbocycles. The molecule has 0 spiro atoms. The van der Waals surface area contributed by atoms with Crippen LogP contribution in [-0.2, 0) is 0 Å². The second kappa shape index (κ2) is 5.88. The highest BCUT2D eigenvalue weighted by Crippen LogP contribution is 2.30. The van der Waals surface area contributed by atoms with Crippen molar-refractivity contribution >= 4 is 11.6 Å². The number of H-pyrrole nitrogens is 1. The predicted molar refractivity (Wildman–Crippen MR) is 87.7 cm³/mol. The maximum atomic E-state index is 12.0. The fourth-order valence-corrected chi connectivity index (χ4v) is 2.43. The minimum absolute atomic E-state index is 0.0940. The molecule has 0 fully saturated rings. The average Bonchev–Trinajstić information content (AvgIpc) is 2.56. The molecule has 0 bridgehead atoms. The number of nitrogens with zero attached hydrogens (tertiary/aromatic N) is 1. The van der Waals surface area contributed by atoms with Crippen LogP contribution in [0.15, 0.2) is 65.5 Å². The van der Waals surface area contributed by atoms with Crippen LogP contribution in [0, 0.1) is 11.3 Å². The average molecular weight is 307 g/mol. The Hall–Kier alpha value is -2.83. The number of nitriles is 1. The Morgan fingerprint density at radius 3 is 2.27 bits per heavy atom. The predicted octanol–water partition coefficient (Wildman–Crippen LogP) is 4.23. The molecule has 4 heteroatoms. The zero-order chi connectivity index (χ0) is 15.5. The number of aromatic nitrogens is 1. The lowest BCUT2D eigenvalue weighted by molar-refractivity contribution is 1.22. The Balaban J connectivity index is 2.29. The normalized spacial score (nSPS) is 10.2. The summed E-state index contributed by atoms with van der Waals surface area (Å²) in [4.78, 5) is 14.8. The van der Waals surface area contributed by atoms with Gasteiger partial charge in [-0.2, -0.15) is 5.26 Å². The number of pyridine rings is 1. The van der Waals surface area contributed by atoms with Crippen LogP contribution in [0.2, 0.25) is 5.02 Å². The van der Waals surface area contributed by atoms with Gasteiger partial charge in [-0.15, -0.1) is 0 Å². The van der Waals surface area contributed by atoms with Gasteiger partial charge in [0, 0.05) is 10.6 Å². The van der Waals surface area contributed by atoms with E-state index in [1.54, 1.807) is 18.2 Å². The summed E-state index contributed by atoms with van der Waals surface area (Å²) in [6.45, 7) is 0. The van der Waals surface area contributed by atoms with Gasteiger partial charge in [0.2, 0.25) is 0 Å². The molecule has 1 N–H and O–H groups in total. The van der Waals surface area contributed by atoms with Crippen molar-refractivity contribution in [3.63, 3.8) is 0 Å². The molecule has 0 radical (unpaired) electrons. The third-order valence-corrected chi connectivity index (χ3v) is 3.63. The number of aromatic amines is 1. The molecule has 3 nitrogen and oxygen atoms in total. The van der Waals surface area contributed by atoms with Gasteiger partial charge in [-0.05, 0) is 29.3 Å². The highest BCUT2D eigenvalue weighted by atomic mass is 35.5. The first-order valence-corrected chi connectivity index (χ1v) is 7.05. The molecule has 106 valence electrons. The van der Waals surface area contributed by atoms with Crippen molar-refractivity contribution in [1.29, 1.82) is 5.26 Å². The van der Waals surface area contributed by atoms with Crippen LogP contribution in [0.4, 0.5) is 0 Å². The summed E-state index contributed by atoms with van der Waals surface area (Å²) in [7, 11) is 0. The van der Waals surface area contributed by atoms with Crippen LogP contribution in [0.5, 0.6) is 0 Å². The Morgan fingerprint density at radius 1 is 0.955 bits per heavy atom. The molecule has 3 rings (SSSR count). The molecular formula is C18H11ClN2O. The van der Waals surface area contributed by atoms with E-state index in [2.05, 4.69) is 4.98 Å². The Kier molecular flexibility index (Phi) is 3.78. The van der Waals surface area contributed by atoms with Gasteiger partial charge < -0.3 is 4.98 Å². The molecule has 0 saturated heterocycles. The molecule has 1 aromatic heterocycles. The second-order valence-corrected chi connectivity index (χ2v) is 5.22. The first-order chi connectivity index (χ1) is 10.7. The summed E-state index contributed by atoms with van der Waals surface area (Å²) >= 11 is 5.92. The van der Waals surface area contributed by atoms with E-state index < -0.39 is 5.56 Å². The van der Waals surface area contributed by atoms with Crippen molar-refractivity contribution in [3.05, 3.63) is 81.6 Å². The van der Waals surface area contributed by atoms with Crippen LogP contribution in [0.1, 0.15) is 5.56 Å². The molecule has 0 aliphatic rings. The van der Waals surface area contributed by atoms with Crippen LogP contribution in [-0.4, -0.2) is 4.98 Å². The number of rotatable bonds is 2. The molecule has 2 aromatic carbocycles. The maximum Gasteiger partial charge on any atom is 0.266 e. The summed E-state index contributed by atoms with van der Waals surface area (Å²) in [6.07, 6.45) is 0. The highest BCUT2D eigenvalue weighted by molar-refractivity contribution is 6.30. The summed E-state index contributed by atoms with van der Waals surface area (Å²) < 4.78 is 0. The van der Waals surface area contributed by atoms with Crippen molar-refractivity contribution in [2.75, 3.05) is 0 Å². The van der Waals surface area contributed by atoms with Crippen LogP contribution in [0.3, 0.4) is 0 Å². The smallest absolute Gasteiger partial charge is 0.266 e. The largest absolute Gasteiger partial charge is 0.320 e. The standard InChI is InChI=1S/C18H11ClN2O/c19-15-8-6-13(7-9-15)17-16(12-4-2-1-3-5-12)10-14(11-20)18(22)21-17/h1-10H,(H,21,22). The van der Waals surface area contributed by atoms with Gasteiger partial charge in [0.1, 0.15) is 11.6 Å². The lowest BCUT2D eigenvalue weighted by Crippen LogP contribution is -2.11. The molecular weight excluding hydrogens is 296 g/mol. The molecule has 0 aliphatic heterocycles. The maximum absolute atomic E-state index is 12.0. The minimum Gasteiger partial charge on any atom is -0.320 e. The molecule has 22 heavy (non-hydrogen) atoms. The fourth-order valence-electron chi connectivity index (χ4n) is 2.30. The van der Waals surface area contributed by atoms with E-state index in [0.29, 0.717) is 10.7 Å². The van der Waals surface area contributed by atoms with Crippen molar-refractivity contribution in [1.82, 2.24) is 4.98 Å². The summed E-state index contributed by atoms with van der Waals surface area (Å²) in [6, 6.07) is 20.4. The van der Waals surface area contributed by atoms with Gasteiger partial charge in [-0.25, -0.2) is 0 Å². The summed E-state index contributed by atoms with van der Waals surface area (Å²) in [5.74, 6) is 0. The monoisotopic (exact) mass is 306 g/mol. The van der Waals surface area contributed by atoms with E-state index >= 15 is 0 Å². The van der Waals surface area contributed by atoms with E-state index in [4.69, 9.17) is 16.9 Å². The third kappa shape index (κ3) is 2.65. The van der Waals surface area contributed by atoms with Crippen molar-refractivity contribution in [2.45, 2.75) is 0 Å². The zero-order valence-corrected chi connectivity index (χ0v) is 12.3. The van der Waals surface area contributed by atoms with E-state index in [1.807, 2.05) is 48.5 Å². The van der Waals surface area contributed by atoms with Crippen LogP contribution >= 0.6 is 11.6 Å². The first kappa shape index (κ1) is 14.1. The quantitative estimate of drug-likeness (QED) is 0.770. The van der Waals surface area contributed by atoms with E-state index in [0.717, 1.165) is 16.7 Å². The number of benzene rings is 2. The molecule has 0 amide bonds. The van der Waals surface area contributed by atoms with Gasteiger partial charge in [-0.3, -0.25) is 4.79 Å². The molecule has 0 aliphatic carbocycles. The highest BCUT2D eigenvalue weighted by Gasteiger charge is 2.12. The summed E-state index contributed by atoms with van der Waals surface area (Å²) in [5.41, 5.74) is 2.94. The molecule has 0 atom stereocenters. The Labute approximate surface area is 132 Å². The minimum atomic E-state index is -0.396. The number of nitrogens with one attached hydrogen (secondary N) is 1. The van der Waals surface area contributed by atoms with Gasteiger partial charge in [-0.1, -0.05) is 54.1 Å². The fraction of sp³-hybridized carbons (Fsp3) is 0. The number of halogens is 1. The van der Waals surface area contributed by atoms with Crippen molar-refractivity contribution in [3.8, 4) is 28.5 Å². The van der Waals surface area contributed by atoms with Crippen molar-refractivity contribution in [2.24, 2.45) is 0 Å². The Bertz CT molecular complexity index is 907. The van der Waals surface area contributed by atoms with E-state index in [-0.39, 0.29) is 5.56 Å². The van der Waals surface area contributed by atoms with Gasteiger partial charge >= 0.3 is 0 Å². The lowest BCUT2D eigenvalue weighted by Gasteiger charge is -2.10. The van der Waals surface area contributed by atoms with Crippen LogP contribution < -0.4 is 5.56 Å².